The molecule has 82 valence electrons. The van der Waals surface area contributed by atoms with Gasteiger partial charge in [0.15, 0.2) is 0 Å². The minimum Gasteiger partial charge on any atom is -0.477 e. The molecule has 0 saturated heterocycles. The van der Waals surface area contributed by atoms with Crippen LogP contribution < -0.4 is 5.56 Å². The van der Waals surface area contributed by atoms with Crippen molar-refractivity contribution in [2.45, 2.75) is 12.3 Å². The molecule has 1 heterocycles. The summed E-state index contributed by atoms with van der Waals surface area (Å²) in [4.78, 5) is 23.7. The molecule has 15 heavy (non-hydrogen) atoms. The van der Waals surface area contributed by atoms with Crippen molar-refractivity contribution < 1.29 is 18.7 Å². The molecule has 4 nitrogen and oxygen atoms in total. The van der Waals surface area contributed by atoms with E-state index in [2.05, 4.69) is 0 Å². The predicted molar refractivity (Wildman–Crippen MR) is 48.5 cm³/mol. The molecule has 0 unspecified atom stereocenters. The summed E-state index contributed by atoms with van der Waals surface area (Å²) in [5.74, 6) is -1.99. The molecule has 2 N–H and O–H groups in total. The van der Waals surface area contributed by atoms with E-state index in [1.807, 2.05) is 4.98 Å². The number of rotatable bonds is 3. The summed E-state index contributed by atoms with van der Waals surface area (Å²) >= 11 is 5.36. The van der Waals surface area contributed by atoms with Crippen LogP contribution in [0.25, 0.3) is 0 Å². The maximum atomic E-state index is 12.5. The molecule has 0 spiro atoms. The normalized spacial score (nSPS) is 10.7. The Balaban J connectivity index is 3.58. The molecule has 1 aromatic rings. The summed E-state index contributed by atoms with van der Waals surface area (Å²) in [5.41, 5.74) is -2.93. The van der Waals surface area contributed by atoms with Crippen molar-refractivity contribution in [3.8, 4) is 0 Å². The zero-order valence-corrected chi connectivity index (χ0v) is 8.02. The van der Waals surface area contributed by atoms with Crippen LogP contribution in [0.1, 0.15) is 27.9 Å². The Bertz CT molecular complexity index is 444. The highest BCUT2D eigenvalue weighted by Crippen LogP contribution is 2.25. The predicted octanol–water partition coefficient (Wildman–Crippen LogP) is 1.75. The van der Waals surface area contributed by atoms with Gasteiger partial charge in [0.1, 0.15) is 5.56 Å². The molecular formula is C8H6ClF2NO3. The number of nitrogens with one attached hydrogen (secondary N) is 1. The van der Waals surface area contributed by atoms with Crippen molar-refractivity contribution in [3.63, 3.8) is 0 Å². The fourth-order valence-corrected chi connectivity index (χ4v) is 1.38. The molecule has 0 radical (unpaired) electrons. The maximum Gasteiger partial charge on any atom is 0.341 e. The Morgan fingerprint density at radius 1 is 1.60 bits per heavy atom. The monoisotopic (exact) mass is 237 g/mol. The zero-order chi connectivity index (χ0) is 11.6. The summed E-state index contributed by atoms with van der Waals surface area (Å²) in [5, 5.41) is 8.62. The van der Waals surface area contributed by atoms with Crippen molar-refractivity contribution in [1.29, 1.82) is 0 Å². The largest absolute Gasteiger partial charge is 0.477 e. The van der Waals surface area contributed by atoms with Crippen LogP contribution in [0, 0.1) is 0 Å². The Hall–Kier alpha value is -1.43. The van der Waals surface area contributed by atoms with Gasteiger partial charge >= 0.3 is 5.97 Å². The molecule has 0 bridgehead atoms. The Labute approximate surface area is 87.5 Å². The van der Waals surface area contributed by atoms with Crippen LogP contribution in [-0.2, 0) is 5.88 Å². The van der Waals surface area contributed by atoms with Crippen LogP contribution in [0.2, 0.25) is 0 Å². The van der Waals surface area contributed by atoms with E-state index >= 15 is 0 Å². The molecule has 0 saturated carbocycles. The molecule has 0 aliphatic carbocycles. The Morgan fingerprint density at radius 3 is 2.60 bits per heavy atom. The first-order valence-electron chi connectivity index (χ1n) is 3.81. The van der Waals surface area contributed by atoms with Gasteiger partial charge in [-0.05, 0) is 5.56 Å². The molecule has 0 fully saturated rings. The van der Waals surface area contributed by atoms with Crippen molar-refractivity contribution in [3.05, 3.63) is 33.2 Å². The summed E-state index contributed by atoms with van der Waals surface area (Å²) in [7, 11) is 0. The second kappa shape index (κ2) is 4.39. The van der Waals surface area contributed by atoms with Gasteiger partial charge in [0.05, 0.1) is 0 Å². The number of pyridine rings is 1. The molecule has 0 aliphatic heterocycles. The molecular weight excluding hydrogens is 232 g/mol. The molecule has 7 heteroatoms. The molecule has 0 aliphatic rings. The average Bonchev–Trinajstić information content (AvgIpc) is 2.16. The van der Waals surface area contributed by atoms with E-state index in [1.165, 1.54) is 0 Å². The van der Waals surface area contributed by atoms with Gasteiger partial charge in [-0.1, -0.05) is 0 Å². The first-order chi connectivity index (χ1) is 6.99. The fraction of sp³-hybridized carbons (Fsp3) is 0.250. The third-order valence-corrected chi connectivity index (χ3v) is 2.08. The number of hydrogen-bond donors (Lipinski definition) is 2. The number of carbonyl (C=O) groups is 1. The van der Waals surface area contributed by atoms with Crippen molar-refractivity contribution >= 4 is 17.6 Å². The van der Waals surface area contributed by atoms with Crippen LogP contribution in [0.15, 0.2) is 11.0 Å². The highest BCUT2D eigenvalue weighted by Gasteiger charge is 2.24. The Morgan fingerprint density at radius 2 is 2.20 bits per heavy atom. The van der Waals surface area contributed by atoms with Crippen LogP contribution >= 0.6 is 11.6 Å². The summed E-state index contributed by atoms with van der Waals surface area (Å²) in [6.07, 6.45) is -2.06. The van der Waals surface area contributed by atoms with Gasteiger partial charge in [-0.3, -0.25) is 4.79 Å². The van der Waals surface area contributed by atoms with Gasteiger partial charge in [0.25, 0.3) is 12.0 Å². The quantitative estimate of drug-likeness (QED) is 0.787. The van der Waals surface area contributed by atoms with Crippen LogP contribution in [0.5, 0.6) is 0 Å². The van der Waals surface area contributed by atoms with Crippen molar-refractivity contribution in [2.24, 2.45) is 0 Å². The van der Waals surface area contributed by atoms with Gasteiger partial charge < -0.3 is 10.1 Å². The van der Waals surface area contributed by atoms with E-state index < -0.39 is 29.1 Å². The number of hydrogen-bond acceptors (Lipinski definition) is 2. The average molecular weight is 238 g/mol. The number of alkyl halides is 3. The summed E-state index contributed by atoms with van der Waals surface area (Å²) in [6.45, 7) is 0. The van der Waals surface area contributed by atoms with Gasteiger partial charge in [-0.25, -0.2) is 13.6 Å². The minimum atomic E-state index is -3.05. The lowest BCUT2D eigenvalue weighted by atomic mass is 10.1. The number of carboxylic acid groups (broad SMARTS) is 1. The minimum absolute atomic E-state index is 0.0938. The Kier molecular flexibility index (Phi) is 3.41. The van der Waals surface area contributed by atoms with Gasteiger partial charge in [-0.2, -0.15) is 0 Å². The summed E-state index contributed by atoms with van der Waals surface area (Å²) < 4.78 is 25.1. The lowest BCUT2D eigenvalue weighted by molar-refractivity contribution is 0.0681. The fourth-order valence-electron chi connectivity index (χ4n) is 1.16. The van der Waals surface area contributed by atoms with E-state index in [1.54, 1.807) is 0 Å². The van der Waals surface area contributed by atoms with E-state index in [0.717, 1.165) is 6.20 Å². The number of carboxylic acids is 1. The van der Waals surface area contributed by atoms with E-state index in [9.17, 15) is 18.4 Å². The topological polar surface area (TPSA) is 70.2 Å². The van der Waals surface area contributed by atoms with Gasteiger partial charge in [-0.15, -0.1) is 11.6 Å². The second-order valence-corrected chi connectivity index (χ2v) is 2.94. The van der Waals surface area contributed by atoms with E-state index in [4.69, 9.17) is 16.7 Å². The number of aromatic carboxylic acids is 1. The summed E-state index contributed by atoms with van der Waals surface area (Å²) in [6, 6.07) is 0. The smallest absolute Gasteiger partial charge is 0.341 e. The maximum absolute atomic E-state index is 12.5. The van der Waals surface area contributed by atoms with Gasteiger partial charge in [0, 0.05) is 17.6 Å². The van der Waals surface area contributed by atoms with Crippen molar-refractivity contribution in [1.82, 2.24) is 4.98 Å². The highest BCUT2D eigenvalue weighted by atomic mass is 35.5. The van der Waals surface area contributed by atoms with E-state index in [-0.39, 0.29) is 11.4 Å². The van der Waals surface area contributed by atoms with Crippen LogP contribution in [0.4, 0.5) is 8.78 Å². The number of aromatic amines is 1. The number of aromatic nitrogens is 1. The second-order valence-electron chi connectivity index (χ2n) is 2.67. The van der Waals surface area contributed by atoms with Gasteiger partial charge in [0.2, 0.25) is 0 Å². The molecule has 0 atom stereocenters. The SMILES string of the molecule is O=C(O)c1c(C(F)F)c(CCl)c[nH]c1=O. The lowest BCUT2D eigenvalue weighted by Crippen LogP contribution is -2.21. The highest BCUT2D eigenvalue weighted by molar-refractivity contribution is 6.17. The van der Waals surface area contributed by atoms with Crippen LogP contribution in [-0.4, -0.2) is 16.1 Å². The first-order valence-corrected chi connectivity index (χ1v) is 4.34. The lowest BCUT2D eigenvalue weighted by Gasteiger charge is -2.08. The molecule has 0 aromatic carbocycles. The number of halogens is 3. The van der Waals surface area contributed by atoms with Crippen molar-refractivity contribution in [2.75, 3.05) is 0 Å². The molecule has 1 aromatic heterocycles. The third-order valence-electron chi connectivity index (χ3n) is 1.80. The van der Waals surface area contributed by atoms with Crippen LogP contribution in [0.3, 0.4) is 0 Å². The third kappa shape index (κ3) is 2.15. The van der Waals surface area contributed by atoms with E-state index in [0.29, 0.717) is 0 Å². The first kappa shape index (κ1) is 11.6. The standard InChI is InChI=1S/C8H6ClF2NO3/c9-1-3-2-12-7(13)5(8(14)15)4(3)6(10)11/h2,6H,1H2,(H,12,13)(H,14,15). The molecule has 1 rings (SSSR count). The molecule has 0 amide bonds. The number of H-pyrrole nitrogens is 1. The zero-order valence-electron chi connectivity index (χ0n) is 7.26.